The molecule has 4 atom stereocenters. The molecule has 0 aromatic carbocycles. The Morgan fingerprint density at radius 1 is 1.42 bits per heavy atom. The van der Waals surface area contributed by atoms with Crippen molar-refractivity contribution in [1.29, 1.82) is 0 Å². The van der Waals surface area contributed by atoms with E-state index in [2.05, 4.69) is 6.42 Å². The highest BCUT2D eigenvalue weighted by Gasteiger charge is 2.51. The molecule has 0 amide bonds. The van der Waals surface area contributed by atoms with Crippen molar-refractivity contribution in [1.82, 2.24) is 0 Å². The summed E-state index contributed by atoms with van der Waals surface area (Å²) in [5.41, 5.74) is 0. The predicted molar refractivity (Wildman–Crippen MR) is 43.1 cm³/mol. The van der Waals surface area contributed by atoms with E-state index in [1.807, 2.05) is 0 Å². The standard InChI is InChI=1S/C10H13O2/c11-10-9-7-3-1-6(2-4-7)8(9)5-12-10/h1,6-9H,2-5H2. The van der Waals surface area contributed by atoms with Crippen molar-refractivity contribution in [3.05, 3.63) is 6.42 Å². The molecule has 12 heavy (non-hydrogen) atoms. The minimum atomic E-state index is 0.0859. The third kappa shape index (κ3) is 0.732. The van der Waals surface area contributed by atoms with Crippen LogP contribution in [0, 0.1) is 30.1 Å². The molecular formula is C10H13O2. The molecule has 1 radical (unpaired) electrons. The van der Waals surface area contributed by atoms with Gasteiger partial charge in [0.05, 0.1) is 12.5 Å². The SMILES string of the molecule is O=C1OCC2C3[CH]CC(CC3)C12. The molecule has 0 spiro atoms. The summed E-state index contributed by atoms with van der Waals surface area (Å²) in [5, 5.41) is 0. The molecule has 4 rings (SSSR count). The third-order valence-corrected chi connectivity index (χ3v) is 3.82. The van der Waals surface area contributed by atoms with E-state index in [1.165, 1.54) is 12.8 Å². The second kappa shape index (κ2) is 2.24. The lowest BCUT2D eigenvalue weighted by atomic mass is 9.60. The van der Waals surface area contributed by atoms with Crippen LogP contribution in [0.1, 0.15) is 19.3 Å². The molecule has 1 saturated heterocycles. The van der Waals surface area contributed by atoms with Gasteiger partial charge in [-0.1, -0.05) is 0 Å². The molecule has 3 saturated carbocycles. The van der Waals surface area contributed by atoms with Crippen molar-refractivity contribution in [3.8, 4) is 0 Å². The summed E-state index contributed by atoms with van der Waals surface area (Å²) in [7, 11) is 0. The molecular weight excluding hydrogens is 152 g/mol. The van der Waals surface area contributed by atoms with Gasteiger partial charge in [-0.15, -0.1) is 0 Å². The maximum Gasteiger partial charge on any atom is 0.309 e. The normalized spacial score (nSPS) is 50.5. The van der Waals surface area contributed by atoms with Gasteiger partial charge in [0.1, 0.15) is 0 Å². The Morgan fingerprint density at radius 2 is 2.33 bits per heavy atom. The van der Waals surface area contributed by atoms with Crippen molar-refractivity contribution in [2.24, 2.45) is 23.7 Å². The quantitative estimate of drug-likeness (QED) is 0.507. The minimum absolute atomic E-state index is 0.0859. The molecule has 4 fully saturated rings. The molecule has 4 aliphatic rings. The van der Waals surface area contributed by atoms with Crippen LogP contribution < -0.4 is 0 Å². The summed E-state index contributed by atoms with van der Waals surface area (Å²) in [6.07, 6.45) is 6.11. The van der Waals surface area contributed by atoms with E-state index >= 15 is 0 Å². The van der Waals surface area contributed by atoms with E-state index in [0.29, 0.717) is 24.4 Å². The number of fused-ring (bicyclic) bond motifs is 2. The van der Waals surface area contributed by atoms with Crippen LogP contribution in [0.2, 0.25) is 0 Å². The van der Waals surface area contributed by atoms with Crippen LogP contribution in [0.25, 0.3) is 0 Å². The molecule has 2 nitrogen and oxygen atoms in total. The van der Waals surface area contributed by atoms with E-state index in [-0.39, 0.29) is 11.9 Å². The van der Waals surface area contributed by atoms with E-state index < -0.39 is 0 Å². The van der Waals surface area contributed by atoms with Crippen molar-refractivity contribution in [2.75, 3.05) is 6.61 Å². The van der Waals surface area contributed by atoms with Gasteiger partial charge in [0, 0.05) is 5.92 Å². The molecule has 1 heterocycles. The summed E-state index contributed by atoms with van der Waals surface area (Å²) < 4.78 is 5.12. The molecule has 0 N–H and O–H groups in total. The maximum atomic E-state index is 11.4. The highest BCUT2D eigenvalue weighted by Crippen LogP contribution is 2.51. The minimum Gasteiger partial charge on any atom is -0.465 e. The Kier molecular flexibility index (Phi) is 1.29. The van der Waals surface area contributed by atoms with Crippen LogP contribution in [0.15, 0.2) is 0 Å². The van der Waals surface area contributed by atoms with Crippen LogP contribution in [0.3, 0.4) is 0 Å². The van der Waals surface area contributed by atoms with Crippen LogP contribution >= 0.6 is 0 Å². The molecule has 0 aromatic heterocycles. The topological polar surface area (TPSA) is 26.3 Å². The van der Waals surface area contributed by atoms with Gasteiger partial charge in [-0.25, -0.2) is 0 Å². The van der Waals surface area contributed by atoms with E-state index in [4.69, 9.17) is 4.74 Å². The largest absolute Gasteiger partial charge is 0.465 e. The second-order valence-electron chi connectivity index (χ2n) is 4.29. The predicted octanol–water partition coefficient (Wildman–Crippen LogP) is 1.41. The maximum absolute atomic E-state index is 11.4. The lowest BCUT2D eigenvalue weighted by molar-refractivity contribution is -0.143. The van der Waals surface area contributed by atoms with Gasteiger partial charge < -0.3 is 4.74 Å². The van der Waals surface area contributed by atoms with Gasteiger partial charge in [-0.3, -0.25) is 4.79 Å². The highest BCUT2D eigenvalue weighted by molar-refractivity contribution is 5.75. The van der Waals surface area contributed by atoms with Crippen LogP contribution in [-0.4, -0.2) is 12.6 Å². The van der Waals surface area contributed by atoms with Gasteiger partial charge in [0.15, 0.2) is 0 Å². The van der Waals surface area contributed by atoms with E-state index in [9.17, 15) is 4.79 Å². The van der Waals surface area contributed by atoms with E-state index in [0.717, 1.165) is 6.42 Å². The van der Waals surface area contributed by atoms with E-state index in [1.54, 1.807) is 0 Å². The summed E-state index contributed by atoms with van der Waals surface area (Å²) in [4.78, 5) is 11.4. The smallest absolute Gasteiger partial charge is 0.309 e. The average Bonchev–Trinajstić information content (AvgIpc) is 2.53. The fourth-order valence-corrected chi connectivity index (χ4v) is 3.19. The number of hydrogen-bond acceptors (Lipinski definition) is 2. The summed E-state index contributed by atoms with van der Waals surface area (Å²) in [6.45, 7) is 0.696. The average molecular weight is 165 g/mol. The first-order valence-corrected chi connectivity index (χ1v) is 4.86. The second-order valence-corrected chi connectivity index (χ2v) is 4.29. The van der Waals surface area contributed by atoms with Crippen molar-refractivity contribution < 1.29 is 9.53 Å². The van der Waals surface area contributed by atoms with Crippen molar-refractivity contribution in [3.63, 3.8) is 0 Å². The molecule has 3 aliphatic carbocycles. The van der Waals surface area contributed by atoms with Gasteiger partial charge in [0.2, 0.25) is 0 Å². The lowest BCUT2D eigenvalue weighted by Gasteiger charge is -2.42. The van der Waals surface area contributed by atoms with Gasteiger partial charge in [-0.2, -0.15) is 0 Å². The zero-order chi connectivity index (χ0) is 8.13. The first-order valence-electron chi connectivity index (χ1n) is 4.86. The fourth-order valence-electron chi connectivity index (χ4n) is 3.19. The number of carbonyl (C=O) groups is 1. The van der Waals surface area contributed by atoms with Crippen LogP contribution in [-0.2, 0) is 9.53 Å². The third-order valence-electron chi connectivity index (χ3n) is 3.82. The Morgan fingerprint density at radius 3 is 3.00 bits per heavy atom. The van der Waals surface area contributed by atoms with Crippen molar-refractivity contribution in [2.45, 2.75) is 19.3 Å². The zero-order valence-electron chi connectivity index (χ0n) is 7.03. The number of rotatable bonds is 0. The van der Waals surface area contributed by atoms with Gasteiger partial charge in [0.25, 0.3) is 0 Å². The summed E-state index contributed by atoms with van der Waals surface area (Å²) in [5.74, 6) is 2.21. The summed E-state index contributed by atoms with van der Waals surface area (Å²) >= 11 is 0. The number of hydrogen-bond donors (Lipinski definition) is 0. The van der Waals surface area contributed by atoms with Crippen molar-refractivity contribution >= 4 is 5.97 Å². The molecule has 2 bridgehead atoms. The first kappa shape index (κ1) is 6.93. The zero-order valence-corrected chi connectivity index (χ0v) is 7.03. The number of esters is 1. The monoisotopic (exact) mass is 165 g/mol. The fraction of sp³-hybridized carbons (Fsp3) is 0.800. The molecule has 2 heteroatoms. The van der Waals surface area contributed by atoms with Crippen LogP contribution in [0.5, 0.6) is 0 Å². The van der Waals surface area contributed by atoms with Gasteiger partial charge in [-0.05, 0) is 37.5 Å². The molecule has 0 aromatic rings. The number of ether oxygens (including phenoxy) is 1. The Bertz CT molecular complexity index is 216. The summed E-state index contributed by atoms with van der Waals surface area (Å²) in [6, 6.07) is 0. The molecule has 4 unspecified atom stereocenters. The number of carbonyl (C=O) groups excluding carboxylic acids is 1. The molecule has 1 aliphatic heterocycles. The number of cyclic esters (lactones) is 1. The van der Waals surface area contributed by atoms with Gasteiger partial charge >= 0.3 is 5.97 Å². The lowest BCUT2D eigenvalue weighted by Crippen LogP contribution is -2.40. The Labute approximate surface area is 72.3 Å². The highest BCUT2D eigenvalue weighted by atomic mass is 16.5. The van der Waals surface area contributed by atoms with Crippen LogP contribution in [0.4, 0.5) is 0 Å². The molecule has 65 valence electrons. The Balaban J connectivity index is 1.94. The Hall–Kier alpha value is -0.530. The first-order chi connectivity index (χ1) is 5.86.